The molecule has 1 saturated carbocycles. The normalized spacial score (nSPS) is 23.3. The minimum atomic E-state index is 0.271. The minimum Gasteiger partial charge on any atom is -0.300 e. The molecule has 0 radical (unpaired) electrons. The van der Waals surface area contributed by atoms with Crippen molar-refractivity contribution in [3.8, 4) is 0 Å². The summed E-state index contributed by atoms with van der Waals surface area (Å²) in [6, 6.07) is 0.551. The van der Waals surface area contributed by atoms with Gasteiger partial charge in [-0.05, 0) is 45.1 Å². The number of unbranched alkanes of at least 4 members (excludes halogenated alkanes) is 2. The first-order valence-electron chi connectivity index (χ1n) is 8.12. The van der Waals surface area contributed by atoms with Gasteiger partial charge in [0.1, 0.15) is 5.78 Å². The van der Waals surface area contributed by atoms with E-state index in [1.54, 1.807) is 0 Å². The Kier molecular flexibility index (Phi) is 6.52. The van der Waals surface area contributed by atoms with E-state index in [-0.39, 0.29) is 5.92 Å². The maximum Gasteiger partial charge on any atom is 0.137 e. The fourth-order valence-electron chi connectivity index (χ4n) is 3.12. The predicted octanol–water partition coefficient (Wildman–Crippen LogP) is 4.28. The van der Waals surface area contributed by atoms with Crippen LogP contribution in [0.2, 0.25) is 0 Å². The molecule has 0 aromatic carbocycles. The van der Waals surface area contributed by atoms with Gasteiger partial charge < -0.3 is 4.90 Å². The second kappa shape index (κ2) is 7.42. The van der Waals surface area contributed by atoms with Crippen LogP contribution in [0.25, 0.3) is 0 Å². The summed E-state index contributed by atoms with van der Waals surface area (Å²) < 4.78 is 0. The molecule has 0 aromatic heterocycles. The van der Waals surface area contributed by atoms with Crippen LogP contribution in [0.1, 0.15) is 73.1 Å². The van der Waals surface area contributed by atoms with Gasteiger partial charge in [0.2, 0.25) is 0 Å². The molecule has 1 atom stereocenters. The van der Waals surface area contributed by atoms with Crippen LogP contribution in [0, 0.1) is 11.3 Å². The molecule has 19 heavy (non-hydrogen) atoms. The maximum atomic E-state index is 12.1. The first-order chi connectivity index (χ1) is 8.85. The predicted molar refractivity (Wildman–Crippen MR) is 82.4 cm³/mol. The second-order valence-electron chi connectivity index (χ2n) is 7.33. The van der Waals surface area contributed by atoms with E-state index < -0.39 is 0 Å². The van der Waals surface area contributed by atoms with Gasteiger partial charge in [-0.25, -0.2) is 0 Å². The van der Waals surface area contributed by atoms with Gasteiger partial charge in [0.25, 0.3) is 0 Å². The van der Waals surface area contributed by atoms with E-state index in [4.69, 9.17) is 0 Å². The van der Waals surface area contributed by atoms with Crippen LogP contribution in [0.5, 0.6) is 0 Å². The first-order valence-corrected chi connectivity index (χ1v) is 8.12. The van der Waals surface area contributed by atoms with Crippen LogP contribution in [-0.2, 0) is 4.79 Å². The zero-order chi connectivity index (χ0) is 14.5. The summed E-state index contributed by atoms with van der Waals surface area (Å²) in [5.74, 6) is 0.772. The molecule has 0 aliphatic heterocycles. The second-order valence-corrected chi connectivity index (χ2v) is 7.33. The van der Waals surface area contributed by atoms with Gasteiger partial charge in [0.05, 0.1) is 0 Å². The van der Waals surface area contributed by atoms with Gasteiger partial charge in [-0.2, -0.15) is 0 Å². The van der Waals surface area contributed by atoms with E-state index in [1.807, 2.05) is 0 Å². The summed E-state index contributed by atoms with van der Waals surface area (Å²) >= 11 is 0. The molecule has 0 amide bonds. The van der Waals surface area contributed by atoms with Crippen molar-refractivity contribution in [2.24, 2.45) is 11.3 Å². The largest absolute Gasteiger partial charge is 0.300 e. The number of hydrogen-bond donors (Lipinski definition) is 0. The Morgan fingerprint density at radius 1 is 1.32 bits per heavy atom. The molecule has 0 aromatic rings. The molecule has 0 saturated heterocycles. The van der Waals surface area contributed by atoms with E-state index >= 15 is 0 Å². The molecular weight excluding hydrogens is 234 g/mol. The zero-order valence-corrected chi connectivity index (χ0v) is 13.7. The number of rotatable bonds is 7. The smallest absolute Gasteiger partial charge is 0.137 e. The molecule has 1 aliphatic carbocycles. The Bertz CT molecular complexity index is 283. The van der Waals surface area contributed by atoms with Gasteiger partial charge in [-0.1, -0.05) is 33.6 Å². The highest BCUT2D eigenvalue weighted by Crippen LogP contribution is 2.37. The van der Waals surface area contributed by atoms with E-state index in [2.05, 4.69) is 39.5 Å². The fourth-order valence-corrected chi connectivity index (χ4v) is 3.12. The summed E-state index contributed by atoms with van der Waals surface area (Å²) in [5, 5.41) is 0. The molecule has 1 rings (SSSR count). The maximum absolute atomic E-state index is 12.1. The molecule has 112 valence electrons. The van der Waals surface area contributed by atoms with Crippen molar-refractivity contribution in [1.82, 2.24) is 4.90 Å². The average molecular weight is 267 g/mol. The van der Waals surface area contributed by atoms with E-state index in [0.717, 1.165) is 32.4 Å². The molecule has 0 N–H and O–H groups in total. The lowest BCUT2D eigenvalue weighted by molar-refractivity contribution is -0.128. The van der Waals surface area contributed by atoms with Crippen molar-refractivity contribution in [2.75, 3.05) is 13.1 Å². The van der Waals surface area contributed by atoms with Crippen LogP contribution in [0.4, 0.5) is 0 Å². The van der Waals surface area contributed by atoms with Crippen molar-refractivity contribution in [3.05, 3.63) is 0 Å². The number of carbonyl (C=O) groups excluding carboxylic acids is 1. The summed E-state index contributed by atoms with van der Waals surface area (Å²) in [7, 11) is 0. The van der Waals surface area contributed by atoms with Crippen LogP contribution >= 0.6 is 0 Å². The molecule has 0 bridgehead atoms. The molecule has 0 heterocycles. The van der Waals surface area contributed by atoms with Gasteiger partial charge in [-0.3, -0.25) is 4.79 Å². The molecule has 1 fully saturated rings. The highest BCUT2D eigenvalue weighted by atomic mass is 16.1. The third kappa shape index (κ3) is 5.64. The van der Waals surface area contributed by atoms with Crippen LogP contribution in [-0.4, -0.2) is 29.8 Å². The summed E-state index contributed by atoms with van der Waals surface area (Å²) in [4.78, 5) is 14.7. The van der Waals surface area contributed by atoms with E-state index in [0.29, 0.717) is 17.2 Å². The minimum absolute atomic E-state index is 0.271. The average Bonchev–Trinajstić information content (AvgIpc) is 2.32. The SMILES string of the molecule is CCCCCN(CC1CC(C)(C)CCC1=O)C(C)C. The topological polar surface area (TPSA) is 20.3 Å². The van der Waals surface area contributed by atoms with Crippen molar-refractivity contribution in [3.63, 3.8) is 0 Å². The number of nitrogens with zero attached hydrogens (tertiary/aromatic N) is 1. The van der Waals surface area contributed by atoms with Gasteiger partial charge in [-0.15, -0.1) is 0 Å². The Morgan fingerprint density at radius 3 is 2.58 bits per heavy atom. The number of carbonyl (C=O) groups is 1. The summed E-state index contributed by atoms with van der Waals surface area (Å²) in [6.45, 7) is 13.5. The fraction of sp³-hybridized carbons (Fsp3) is 0.941. The monoisotopic (exact) mass is 267 g/mol. The highest BCUT2D eigenvalue weighted by Gasteiger charge is 2.34. The van der Waals surface area contributed by atoms with Crippen molar-refractivity contribution >= 4 is 5.78 Å². The number of Topliss-reactive ketones (excluding diaryl/α,β-unsaturated/α-hetero) is 1. The molecule has 1 unspecified atom stereocenters. The first kappa shape index (κ1) is 16.7. The van der Waals surface area contributed by atoms with Crippen LogP contribution in [0.3, 0.4) is 0 Å². The van der Waals surface area contributed by atoms with Gasteiger partial charge >= 0.3 is 0 Å². The Labute approximate surface area is 119 Å². The summed E-state index contributed by atoms with van der Waals surface area (Å²) in [5.41, 5.74) is 0.352. The van der Waals surface area contributed by atoms with Crippen molar-refractivity contribution in [1.29, 1.82) is 0 Å². The quantitative estimate of drug-likeness (QED) is 0.642. The highest BCUT2D eigenvalue weighted by molar-refractivity contribution is 5.82. The van der Waals surface area contributed by atoms with Gasteiger partial charge in [0, 0.05) is 24.9 Å². The third-order valence-electron chi connectivity index (χ3n) is 4.54. The van der Waals surface area contributed by atoms with E-state index in [9.17, 15) is 4.79 Å². The Morgan fingerprint density at radius 2 is 2.00 bits per heavy atom. The molecule has 2 nitrogen and oxygen atoms in total. The Balaban J connectivity index is 2.54. The molecule has 0 spiro atoms. The Hall–Kier alpha value is -0.370. The third-order valence-corrected chi connectivity index (χ3v) is 4.54. The lowest BCUT2D eigenvalue weighted by Crippen LogP contribution is -2.42. The van der Waals surface area contributed by atoms with Crippen LogP contribution in [0.15, 0.2) is 0 Å². The van der Waals surface area contributed by atoms with Crippen molar-refractivity contribution in [2.45, 2.75) is 79.2 Å². The van der Waals surface area contributed by atoms with E-state index in [1.165, 1.54) is 19.3 Å². The molecule has 1 aliphatic rings. The number of hydrogen-bond acceptors (Lipinski definition) is 2. The van der Waals surface area contributed by atoms with Gasteiger partial charge in [0.15, 0.2) is 0 Å². The van der Waals surface area contributed by atoms with Crippen LogP contribution < -0.4 is 0 Å². The lowest BCUT2D eigenvalue weighted by atomic mass is 9.71. The molecular formula is C17H33NO. The standard InChI is InChI=1S/C17H33NO/c1-6-7-8-11-18(14(2)3)13-15-12-17(4,5)10-9-16(15)19/h14-15H,6-13H2,1-5H3. The molecule has 2 heteroatoms. The lowest BCUT2D eigenvalue weighted by Gasteiger charge is -2.38. The zero-order valence-electron chi connectivity index (χ0n) is 13.7. The summed E-state index contributed by atoms with van der Waals surface area (Å²) in [6.07, 6.45) is 6.76. The van der Waals surface area contributed by atoms with Crippen molar-refractivity contribution < 1.29 is 4.79 Å². The number of ketones is 1.